The second kappa shape index (κ2) is 6.19. The fraction of sp³-hybridized carbons (Fsp3) is 0.263. The van der Waals surface area contributed by atoms with Gasteiger partial charge in [0.05, 0.1) is 16.4 Å². The van der Waals surface area contributed by atoms with E-state index in [0.717, 1.165) is 39.8 Å². The number of nitrogens with zero attached hydrogens (tertiary/aromatic N) is 4. The molecule has 1 fully saturated rings. The molecule has 1 saturated heterocycles. The van der Waals surface area contributed by atoms with Crippen LogP contribution in [0.4, 0.5) is 0 Å². The van der Waals surface area contributed by atoms with Crippen molar-refractivity contribution in [3.05, 3.63) is 58.4 Å². The van der Waals surface area contributed by atoms with Crippen LogP contribution in [-0.4, -0.2) is 51.8 Å². The van der Waals surface area contributed by atoms with Gasteiger partial charge in [-0.25, -0.2) is 4.98 Å². The molecule has 0 aliphatic carbocycles. The van der Waals surface area contributed by atoms with Crippen molar-refractivity contribution >= 4 is 43.9 Å². The molecule has 26 heavy (non-hydrogen) atoms. The quantitative estimate of drug-likeness (QED) is 0.530. The third-order valence-electron chi connectivity index (χ3n) is 4.98. The minimum Gasteiger partial charge on any atom is -0.328 e. The van der Waals surface area contributed by atoms with E-state index in [1.54, 1.807) is 11.3 Å². The van der Waals surface area contributed by atoms with Gasteiger partial charge >= 0.3 is 0 Å². The SMILES string of the molecule is CN1CCN(C(=O)c2cc3c(nc4sccn43)s2)C(c2ccccc2)C1. The maximum Gasteiger partial charge on any atom is 0.264 e. The Bertz CT molecular complexity index is 1080. The molecule has 5 nitrogen and oxygen atoms in total. The molecule has 0 spiro atoms. The molecule has 1 amide bonds. The predicted octanol–water partition coefficient (Wildman–Crippen LogP) is 3.74. The van der Waals surface area contributed by atoms with Crippen molar-refractivity contribution in [3.63, 3.8) is 0 Å². The van der Waals surface area contributed by atoms with E-state index in [2.05, 4.69) is 33.5 Å². The summed E-state index contributed by atoms with van der Waals surface area (Å²) >= 11 is 3.11. The number of amides is 1. The van der Waals surface area contributed by atoms with Crippen molar-refractivity contribution in [1.82, 2.24) is 19.2 Å². The van der Waals surface area contributed by atoms with E-state index >= 15 is 0 Å². The highest BCUT2D eigenvalue weighted by molar-refractivity contribution is 7.21. The van der Waals surface area contributed by atoms with Crippen molar-refractivity contribution in [1.29, 1.82) is 0 Å². The lowest BCUT2D eigenvalue weighted by Crippen LogP contribution is -2.49. The maximum atomic E-state index is 13.3. The van der Waals surface area contributed by atoms with Crippen LogP contribution in [0.2, 0.25) is 0 Å². The maximum absolute atomic E-state index is 13.3. The lowest BCUT2D eigenvalue weighted by molar-refractivity contribution is 0.0503. The zero-order valence-corrected chi connectivity index (χ0v) is 16.0. The average molecular weight is 383 g/mol. The Morgan fingerprint density at radius 2 is 2.08 bits per heavy atom. The van der Waals surface area contributed by atoms with Crippen LogP contribution < -0.4 is 0 Å². The Kier molecular flexibility index (Phi) is 3.81. The molecule has 132 valence electrons. The fourth-order valence-corrected chi connectivity index (χ4v) is 5.37. The fourth-order valence-electron chi connectivity index (χ4n) is 3.62. The third-order valence-corrected chi connectivity index (χ3v) is 6.74. The molecule has 1 aliphatic rings. The molecule has 5 rings (SSSR count). The number of thiazole rings is 1. The van der Waals surface area contributed by atoms with Gasteiger partial charge in [-0.05, 0) is 18.7 Å². The number of fused-ring (bicyclic) bond motifs is 3. The average Bonchev–Trinajstić information content (AvgIpc) is 3.34. The first kappa shape index (κ1) is 16.0. The van der Waals surface area contributed by atoms with E-state index in [1.807, 2.05) is 40.7 Å². The van der Waals surface area contributed by atoms with Gasteiger partial charge in [0, 0.05) is 31.2 Å². The molecule has 0 radical (unpaired) electrons. The van der Waals surface area contributed by atoms with Crippen LogP contribution in [0.15, 0.2) is 48.0 Å². The van der Waals surface area contributed by atoms with Crippen LogP contribution in [0.3, 0.4) is 0 Å². The van der Waals surface area contributed by atoms with Gasteiger partial charge in [-0.1, -0.05) is 30.3 Å². The smallest absolute Gasteiger partial charge is 0.264 e. The normalized spacial score (nSPS) is 18.8. The molecule has 0 N–H and O–H groups in total. The number of hydrogen-bond acceptors (Lipinski definition) is 5. The van der Waals surface area contributed by atoms with Crippen LogP contribution in [-0.2, 0) is 0 Å². The topological polar surface area (TPSA) is 40.8 Å². The Labute approximate surface area is 159 Å². The number of aromatic nitrogens is 2. The van der Waals surface area contributed by atoms with Crippen molar-refractivity contribution in [2.45, 2.75) is 6.04 Å². The van der Waals surface area contributed by atoms with E-state index < -0.39 is 0 Å². The predicted molar refractivity (Wildman–Crippen MR) is 106 cm³/mol. The van der Waals surface area contributed by atoms with Crippen molar-refractivity contribution in [2.24, 2.45) is 0 Å². The molecule has 1 atom stereocenters. The van der Waals surface area contributed by atoms with Crippen molar-refractivity contribution < 1.29 is 4.79 Å². The molecule has 0 bridgehead atoms. The van der Waals surface area contributed by atoms with Gasteiger partial charge < -0.3 is 9.80 Å². The number of benzene rings is 1. The first-order chi connectivity index (χ1) is 12.7. The summed E-state index contributed by atoms with van der Waals surface area (Å²) in [6.45, 7) is 2.49. The highest BCUT2D eigenvalue weighted by Crippen LogP contribution is 2.32. The number of piperazine rings is 1. The summed E-state index contributed by atoms with van der Waals surface area (Å²) in [5.74, 6) is 0.110. The summed E-state index contributed by atoms with van der Waals surface area (Å²) in [6.07, 6.45) is 2.01. The number of imidazole rings is 1. The summed E-state index contributed by atoms with van der Waals surface area (Å²) in [6, 6.07) is 12.4. The van der Waals surface area contributed by atoms with Gasteiger partial charge in [0.25, 0.3) is 5.91 Å². The summed E-state index contributed by atoms with van der Waals surface area (Å²) in [4.78, 5) is 24.9. The molecular weight excluding hydrogens is 364 g/mol. The van der Waals surface area contributed by atoms with E-state index in [-0.39, 0.29) is 11.9 Å². The Hall–Kier alpha value is -2.22. The van der Waals surface area contributed by atoms with E-state index in [4.69, 9.17) is 0 Å². The number of thiophene rings is 1. The molecule has 7 heteroatoms. The Balaban J connectivity index is 1.52. The molecule has 0 saturated carbocycles. The van der Waals surface area contributed by atoms with Crippen LogP contribution in [0.25, 0.3) is 15.3 Å². The Morgan fingerprint density at radius 3 is 2.92 bits per heavy atom. The summed E-state index contributed by atoms with van der Waals surface area (Å²) < 4.78 is 2.06. The second-order valence-corrected chi connectivity index (χ2v) is 8.56. The molecule has 3 aromatic heterocycles. The number of carbonyl (C=O) groups excluding carboxylic acids is 1. The van der Waals surface area contributed by atoms with Gasteiger partial charge in [-0.2, -0.15) is 0 Å². The van der Waals surface area contributed by atoms with Gasteiger partial charge in [0.2, 0.25) is 0 Å². The molecule has 1 aromatic carbocycles. The van der Waals surface area contributed by atoms with Crippen LogP contribution in [0, 0.1) is 0 Å². The number of rotatable bonds is 2. The minimum atomic E-state index is 0.0840. The summed E-state index contributed by atoms with van der Waals surface area (Å²) in [5, 5.41) is 2.02. The van der Waals surface area contributed by atoms with E-state index in [0.29, 0.717) is 0 Å². The van der Waals surface area contributed by atoms with Crippen LogP contribution in [0.5, 0.6) is 0 Å². The second-order valence-electron chi connectivity index (χ2n) is 6.66. The highest BCUT2D eigenvalue weighted by atomic mass is 32.1. The lowest BCUT2D eigenvalue weighted by Gasteiger charge is -2.40. The van der Waals surface area contributed by atoms with E-state index in [1.165, 1.54) is 16.9 Å². The largest absolute Gasteiger partial charge is 0.328 e. The van der Waals surface area contributed by atoms with Gasteiger partial charge in [-0.15, -0.1) is 22.7 Å². The van der Waals surface area contributed by atoms with Crippen LogP contribution >= 0.6 is 22.7 Å². The zero-order valence-electron chi connectivity index (χ0n) is 14.3. The minimum absolute atomic E-state index is 0.0840. The van der Waals surface area contributed by atoms with Gasteiger partial charge in [0.15, 0.2) is 4.96 Å². The molecule has 1 unspecified atom stereocenters. The van der Waals surface area contributed by atoms with Crippen molar-refractivity contribution in [3.8, 4) is 0 Å². The monoisotopic (exact) mass is 382 g/mol. The molecule has 4 heterocycles. The van der Waals surface area contributed by atoms with Crippen LogP contribution in [0.1, 0.15) is 21.3 Å². The van der Waals surface area contributed by atoms with Crippen molar-refractivity contribution in [2.75, 3.05) is 26.7 Å². The molecule has 1 aliphatic heterocycles. The summed E-state index contributed by atoms with van der Waals surface area (Å²) in [7, 11) is 2.12. The highest BCUT2D eigenvalue weighted by Gasteiger charge is 2.32. The number of carbonyl (C=O) groups is 1. The zero-order chi connectivity index (χ0) is 17.7. The standard InChI is InChI=1S/C19H18N4OS2/c1-21-7-8-22(15(12-21)13-5-3-2-4-6-13)18(24)16-11-14-17(26-16)20-19-23(14)9-10-25-19/h2-6,9-11,15H,7-8,12H2,1H3. The molecule has 4 aromatic rings. The first-order valence-electron chi connectivity index (χ1n) is 8.60. The third kappa shape index (κ3) is 2.55. The first-order valence-corrected chi connectivity index (χ1v) is 10.3. The van der Waals surface area contributed by atoms with E-state index in [9.17, 15) is 4.79 Å². The number of likely N-dealkylation sites (N-methyl/N-ethyl adjacent to an activating group) is 1. The molecular formula is C19H18N4OS2. The van der Waals surface area contributed by atoms with Gasteiger partial charge in [0.1, 0.15) is 4.83 Å². The Morgan fingerprint density at radius 1 is 1.23 bits per heavy atom. The lowest BCUT2D eigenvalue weighted by atomic mass is 10.0. The van der Waals surface area contributed by atoms with Gasteiger partial charge in [-0.3, -0.25) is 9.20 Å². The summed E-state index contributed by atoms with van der Waals surface area (Å²) in [5.41, 5.74) is 2.22. The number of hydrogen-bond donors (Lipinski definition) is 0.